The predicted octanol–water partition coefficient (Wildman–Crippen LogP) is 4.31. The Labute approximate surface area is 301 Å². The molecule has 5 rings (SSSR count). The van der Waals surface area contributed by atoms with Gasteiger partial charge in [-0.15, -0.1) is 0 Å². The summed E-state index contributed by atoms with van der Waals surface area (Å²) in [6.45, 7) is 9.16. The van der Waals surface area contributed by atoms with Crippen molar-refractivity contribution in [1.29, 1.82) is 0 Å². The van der Waals surface area contributed by atoms with Gasteiger partial charge in [0.2, 0.25) is 17.7 Å². The third-order valence-electron chi connectivity index (χ3n) is 10.5. The number of methoxy groups -OCH3 is 1. The van der Waals surface area contributed by atoms with Gasteiger partial charge in [-0.05, 0) is 63.1 Å². The minimum Gasteiger partial charge on any atom is -0.378 e. The van der Waals surface area contributed by atoms with Crippen LogP contribution in [0.25, 0.3) is 10.9 Å². The van der Waals surface area contributed by atoms with Crippen molar-refractivity contribution in [3.63, 3.8) is 0 Å². The molecule has 3 aromatic rings. The number of benzene rings is 2. The molecule has 2 aliphatic rings. The molecule has 4 amide bonds. The van der Waals surface area contributed by atoms with E-state index in [-0.39, 0.29) is 29.1 Å². The number of primary amides is 1. The van der Waals surface area contributed by atoms with Crippen LogP contribution in [0.4, 0.5) is 0 Å². The second kappa shape index (κ2) is 16.8. The molecular formula is C40H54N6O5. The van der Waals surface area contributed by atoms with Crippen molar-refractivity contribution in [3.8, 4) is 0 Å². The number of hydrogen-bond acceptors (Lipinski definition) is 7. The van der Waals surface area contributed by atoms with Crippen molar-refractivity contribution in [2.75, 3.05) is 20.2 Å². The van der Waals surface area contributed by atoms with Gasteiger partial charge in [0.25, 0.3) is 5.91 Å². The summed E-state index contributed by atoms with van der Waals surface area (Å²) >= 11 is 0. The van der Waals surface area contributed by atoms with Crippen LogP contribution in [-0.2, 0) is 19.1 Å². The van der Waals surface area contributed by atoms with E-state index < -0.39 is 42.3 Å². The summed E-state index contributed by atoms with van der Waals surface area (Å²) in [6, 6.07) is 18.4. The third-order valence-corrected chi connectivity index (χ3v) is 10.5. The van der Waals surface area contributed by atoms with Crippen LogP contribution in [0.15, 0.2) is 66.7 Å². The first kappa shape index (κ1) is 37.9. The van der Waals surface area contributed by atoms with Crippen molar-refractivity contribution in [2.24, 2.45) is 17.6 Å². The van der Waals surface area contributed by atoms with Gasteiger partial charge in [0.05, 0.1) is 30.1 Å². The highest BCUT2D eigenvalue weighted by Crippen LogP contribution is 2.39. The highest BCUT2D eigenvalue weighted by Gasteiger charge is 2.43. The van der Waals surface area contributed by atoms with E-state index in [4.69, 9.17) is 10.5 Å². The normalized spacial score (nSPS) is 21.8. The fourth-order valence-electron chi connectivity index (χ4n) is 7.80. The topological polar surface area (TPSA) is 156 Å². The first-order valence-corrected chi connectivity index (χ1v) is 18.2. The number of hydrogen-bond donors (Lipinski definition) is 4. The van der Waals surface area contributed by atoms with Crippen LogP contribution in [0.2, 0.25) is 0 Å². The fourth-order valence-corrected chi connectivity index (χ4v) is 7.80. The summed E-state index contributed by atoms with van der Waals surface area (Å²) in [6.07, 6.45) is 4.49. The molecular weight excluding hydrogens is 644 g/mol. The maximum atomic E-state index is 14.1. The van der Waals surface area contributed by atoms with Crippen LogP contribution in [0.3, 0.4) is 0 Å². The van der Waals surface area contributed by atoms with E-state index in [0.29, 0.717) is 23.9 Å². The van der Waals surface area contributed by atoms with Crippen LogP contribution in [0.5, 0.6) is 0 Å². The number of ether oxygens (including phenoxy) is 1. The number of nitrogens with one attached hydrogen (secondary N) is 3. The van der Waals surface area contributed by atoms with Gasteiger partial charge in [-0.3, -0.25) is 24.1 Å². The van der Waals surface area contributed by atoms with E-state index in [9.17, 15) is 19.2 Å². The average molecular weight is 699 g/mol. The van der Waals surface area contributed by atoms with E-state index in [1.807, 2.05) is 76.2 Å². The molecule has 5 N–H and O–H groups in total. The van der Waals surface area contributed by atoms with Gasteiger partial charge in [-0.1, -0.05) is 80.8 Å². The molecule has 0 spiro atoms. The summed E-state index contributed by atoms with van der Waals surface area (Å²) in [4.78, 5) is 60.3. The molecule has 0 bridgehead atoms. The van der Waals surface area contributed by atoms with Crippen LogP contribution in [0.1, 0.15) is 88.2 Å². The maximum Gasteiger partial charge on any atom is 0.270 e. The van der Waals surface area contributed by atoms with E-state index in [1.165, 1.54) is 12.8 Å². The predicted molar refractivity (Wildman–Crippen MR) is 198 cm³/mol. The highest BCUT2D eigenvalue weighted by molar-refractivity contribution is 5.99. The third kappa shape index (κ3) is 9.92. The summed E-state index contributed by atoms with van der Waals surface area (Å²) in [5.74, 6) is -1.13. The van der Waals surface area contributed by atoms with E-state index in [1.54, 1.807) is 25.3 Å². The Balaban J connectivity index is 1.41. The number of nitrogens with zero attached hydrogens (tertiary/aromatic N) is 2. The lowest BCUT2D eigenvalue weighted by Crippen LogP contribution is -2.61. The SMILES string of the molecule is CO[C@H](CN1C[C@H]2CCCC[C@H]2C[C@H]1C(=O)NC(C)(C)C)[C@@H](NC(=O)[C@H](CC(N)=O)NC(=O)c1ccc2ccccc2n1)[C@@H](C)c1ccccc1. The zero-order valence-electron chi connectivity index (χ0n) is 30.6. The van der Waals surface area contributed by atoms with Crippen molar-refractivity contribution in [3.05, 3.63) is 78.0 Å². The summed E-state index contributed by atoms with van der Waals surface area (Å²) in [7, 11) is 1.62. The van der Waals surface area contributed by atoms with E-state index in [0.717, 1.165) is 36.8 Å². The smallest absolute Gasteiger partial charge is 0.270 e. The van der Waals surface area contributed by atoms with Gasteiger partial charge in [-0.25, -0.2) is 4.98 Å². The zero-order chi connectivity index (χ0) is 36.7. The molecule has 274 valence electrons. The number of fused-ring (bicyclic) bond motifs is 2. The van der Waals surface area contributed by atoms with Crippen LogP contribution < -0.4 is 21.7 Å². The molecule has 1 aromatic heterocycles. The monoisotopic (exact) mass is 698 g/mol. The maximum absolute atomic E-state index is 14.1. The molecule has 11 nitrogen and oxygen atoms in total. The first-order valence-electron chi connectivity index (χ1n) is 18.2. The number of carbonyl (C=O) groups is 4. The van der Waals surface area contributed by atoms with E-state index >= 15 is 0 Å². The molecule has 51 heavy (non-hydrogen) atoms. The lowest BCUT2D eigenvalue weighted by atomic mass is 9.72. The second-order valence-electron chi connectivity index (χ2n) is 15.3. The minimum atomic E-state index is -1.26. The van der Waals surface area contributed by atoms with Crippen molar-refractivity contribution in [1.82, 2.24) is 25.8 Å². The van der Waals surface area contributed by atoms with Crippen LogP contribution in [0, 0.1) is 11.8 Å². The standard InChI is InChI=1S/C40H54N6O5/c1-25(26-13-7-6-8-14-26)36(34(51-5)24-46-23-29-17-10-9-16-28(29)21-33(46)39(50)45-40(2,3)4)44-38(49)32(22-35(41)47)43-37(48)31-20-19-27-15-11-12-18-30(27)42-31/h6-8,11-15,18-20,25,28-29,32-34,36H,9-10,16-17,21-24H2,1-5H3,(H2,41,47)(H,43,48)(H,44,49)(H,45,50)/t25-,28-,29+,32-,33-,34+,36-/m0/s1. The van der Waals surface area contributed by atoms with Gasteiger partial charge in [0.15, 0.2) is 0 Å². The number of rotatable bonds is 13. The number of carbonyl (C=O) groups excluding carboxylic acids is 4. The Kier molecular flexibility index (Phi) is 12.5. The number of nitrogens with two attached hydrogens (primary N) is 1. The number of para-hydroxylation sites is 1. The van der Waals surface area contributed by atoms with Crippen molar-refractivity contribution < 1.29 is 23.9 Å². The molecule has 11 heteroatoms. The average Bonchev–Trinajstić information content (AvgIpc) is 3.11. The van der Waals surface area contributed by atoms with Crippen molar-refractivity contribution >= 4 is 34.5 Å². The first-order chi connectivity index (χ1) is 24.3. The molecule has 1 saturated heterocycles. The van der Waals surface area contributed by atoms with Crippen LogP contribution >= 0.6 is 0 Å². The van der Waals surface area contributed by atoms with Gasteiger partial charge in [-0.2, -0.15) is 0 Å². The number of amides is 4. The van der Waals surface area contributed by atoms with Gasteiger partial charge in [0, 0.05) is 37.0 Å². The zero-order valence-corrected chi connectivity index (χ0v) is 30.6. The Morgan fingerprint density at radius 1 is 0.941 bits per heavy atom. The second-order valence-corrected chi connectivity index (χ2v) is 15.3. The number of pyridine rings is 1. The molecule has 0 radical (unpaired) electrons. The van der Waals surface area contributed by atoms with E-state index in [2.05, 4.69) is 25.8 Å². The van der Waals surface area contributed by atoms with Gasteiger partial charge < -0.3 is 26.4 Å². The lowest BCUT2D eigenvalue weighted by molar-refractivity contribution is -0.134. The highest BCUT2D eigenvalue weighted by atomic mass is 16.5. The summed E-state index contributed by atoms with van der Waals surface area (Å²) < 4.78 is 6.20. The van der Waals surface area contributed by atoms with Gasteiger partial charge in [0.1, 0.15) is 11.7 Å². The fraction of sp³-hybridized carbons (Fsp3) is 0.525. The Bertz CT molecular complexity index is 1680. The Morgan fingerprint density at radius 2 is 1.63 bits per heavy atom. The lowest BCUT2D eigenvalue weighted by Gasteiger charge is -2.47. The van der Waals surface area contributed by atoms with Crippen molar-refractivity contribution in [2.45, 2.75) is 102 Å². The number of piperidine rings is 1. The largest absolute Gasteiger partial charge is 0.378 e. The molecule has 1 saturated carbocycles. The van der Waals surface area contributed by atoms with Gasteiger partial charge >= 0.3 is 0 Å². The minimum absolute atomic E-state index is 0.00426. The number of likely N-dealkylation sites (tertiary alicyclic amines) is 1. The van der Waals surface area contributed by atoms with Crippen LogP contribution in [-0.4, -0.2) is 83.5 Å². The summed E-state index contributed by atoms with van der Waals surface area (Å²) in [5, 5.41) is 9.94. The summed E-state index contributed by atoms with van der Waals surface area (Å²) in [5.41, 5.74) is 6.94. The molecule has 0 unspecified atom stereocenters. The number of aromatic nitrogens is 1. The Morgan fingerprint density at radius 3 is 2.31 bits per heavy atom. The molecule has 1 aliphatic heterocycles. The quantitative estimate of drug-likeness (QED) is 0.207. The molecule has 2 aromatic carbocycles. The molecule has 2 fully saturated rings. The molecule has 2 heterocycles. The molecule has 1 aliphatic carbocycles. The molecule has 7 atom stereocenters. The Hall–Kier alpha value is -4.35.